The van der Waals surface area contributed by atoms with Crippen molar-refractivity contribution >= 4 is 50.2 Å². The summed E-state index contributed by atoms with van der Waals surface area (Å²) in [6, 6.07) is 16.6. The largest absolute Gasteiger partial charge is 0.453 e. The van der Waals surface area contributed by atoms with Crippen LogP contribution in [0, 0.1) is 12.8 Å². The second kappa shape index (κ2) is 7.31. The number of nitrogens with zero attached hydrogens (tertiary/aromatic N) is 2. The van der Waals surface area contributed by atoms with Crippen molar-refractivity contribution in [2.24, 2.45) is 5.92 Å². The number of furan rings is 1. The molecule has 1 amide bonds. The summed E-state index contributed by atoms with van der Waals surface area (Å²) in [4.78, 5) is 40.8. The van der Waals surface area contributed by atoms with Crippen LogP contribution >= 0.6 is 15.9 Å². The van der Waals surface area contributed by atoms with E-state index in [1.165, 1.54) is 4.90 Å². The molecule has 8 heteroatoms. The van der Waals surface area contributed by atoms with Crippen LogP contribution in [0.1, 0.15) is 27.9 Å². The van der Waals surface area contributed by atoms with E-state index in [1.54, 1.807) is 49.4 Å². The number of rotatable bonds is 4. The summed E-state index contributed by atoms with van der Waals surface area (Å²) in [6.07, 6.45) is 0. The first kappa shape index (κ1) is 19.4. The average molecular weight is 479 g/mol. The summed E-state index contributed by atoms with van der Waals surface area (Å²) in [6.45, 7) is 1.68. The van der Waals surface area contributed by atoms with Crippen LogP contribution in [0.2, 0.25) is 0 Å². The third-order valence-corrected chi connectivity index (χ3v) is 5.80. The van der Waals surface area contributed by atoms with E-state index >= 15 is 0 Å². The molecule has 3 heterocycles. The Morgan fingerprint density at radius 2 is 1.87 bits per heavy atom. The summed E-state index contributed by atoms with van der Waals surface area (Å²) >= 11 is 3.42. The standard InChI is InChI=1S/C23H15BrN2O5/c1-12-9-18(25-31-12)26-20(14-6-4-7-15(24)10-14)19(22(28)23(26)29)21(27)17-11-13-5-2-3-8-16(13)30-17/h2-11,19-20H,1H3. The number of ketones is 2. The van der Waals surface area contributed by atoms with E-state index in [0.717, 1.165) is 9.86 Å². The van der Waals surface area contributed by atoms with Crippen LogP contribution in [0.4, 0.5) is 5.82 Å². The van der Waals surface area contributed by atoms with Crippen LogP contribution in [0.15, 0.2) is 74.1 Å². The number of fused-ring (bicyclic) bond motifs is 1. The maximum absolute atomic E-state index is 13.5. The first-order chi connectivity index (χ1) is 14.9. The SMILES string of the molecule is Cc1cc(N2C(=O)C(=O)C(C(=O)c3cc4ccccc4o3)C2c2cccc(Br)c2)no1. The van der Waals surface area contributed by atoms with Gasteiger partial charge in [0, 0.05) is 15.9 Å². The summed E-state index contributed by atoms with van der Waals surface area (Å²) in [7, 11) is 0. The lowest BCUT2D eigenvalue weighted by Crippen LogP contribution is -2.30. The van der Waals surface area contributed by atoms with Crippen molar-refractivity contribution in [2.45, 2.75) is 13.0 Å². The van der Waals surface area contributed by atoms with E-state index in [4.69, 9.17) is 8.94 Å². The van der Waals surface area contributed by atoms with Gasteiger partial charge < -0.3 is 8.94 Å². The highest BCUT2D eigenvalue weighted by Crippen LogP contribution is 2.42. The number of anilines is 1. The number of para-hydroxylation sites is 1. The second-order valence-electron chi connectivity index (χ2n) is 7.33. The van der Waals surface area contributed by atoms with Gasteiger partial charge in [0.1, 0.15) is 17.3 Å². The molecule has 2 unspecified atom stereocenters. The van der Waals surface area contributed by atoms with Crippen molar-refractivity contribution in [1.82, 2.24) is 5.16 Å². The number of amides is 1. The molecule has 7 nitrogen and oxygen atoms in total. The lowest BCUT2D eigenvalue weighted by molar-refractivity contribution is -0.135. The Hall–Kier alpha value is -3.52. The fraction of sp³-hybridized carbons (Fsp3) is 0.130. The number of halogens is 1. The van der Waals surface area contributed by atoms with Crippen molar-refractivity contribution < 1.29 is 23.3 Å². The van der Waals surface area contributed by atoms with Gasteiger partial charge in [-0.2, -0.15) is 0 Å². The number of carbonyl (C=O) groups is 3. The molecular weight excluding hydrogens is 464 g/mol. The summed E-state index contributed by atoms with van der Waals surface area (Å²) in [5.74, 6) is -2.76. The molecule has 2 atom stereocenters. The van der Waals surface area contributed by atoms with E-state index < -0.39 is 29.4 Å². The Balaban J connectivity index is 1.65. The van der Waals surface area contributed by atoms with Crippen molar-refractivity contribution in [2.75, 3.05) is 4.90 Å². The van der Waals surface area contributed by atoms with E-state index in [0.29, 0.717) is 16.9 Å². The zero-order valence-corrected chi connectivity index (χ0v) is 17.8. The number of hydrogen-bond acceptors (Lipinski definition) is 6. The van der Waals surface area contributed by atoms with E-state index in [1.807, 2.05) is 18.2 Å². The average Bonchev–Trinajstić information content (AvgIpc) is 3.44. The Kier molecular flexibility index (Phi) is 4.59. The molecule has 31 heavy (non-hydrogen) atoms. The van der Waals surface area contributed by atoms with Crippen LogP contribution in [-0.2, 0) is 9.59 Å². The number of benzene rings is 2. The molecule has 0 saturated carbocycles. The van der Waals surface area contributed by atoms with Gasteiger partial charge in [0.05, 0.1) is 6.04 Å². The van der Waals surface area contributed by atoms with Gasteiger partial charge in [-0.15, -0.1) is 0 Å². The number of Topliss-reactive ketones (excluding diaryl/α,β-unsaturated/α-hetero) is 2. The van der Waals surface area contributed by atoms with Gasteiger partial charge in [-0.1, -0.05) is 51.4 Å². The first-order valence-electron chi connectivity index (χ1n) is 9.53. The van der Waals surface area contributed by atoms with Gasteiger partial charge >= 0.3 is 0 Å². The van der Waals surface area contributed by atoms with Crippen molar-refractivity contribution in [1.29, 1.82) is 0 Å². The predicted molar refractivity (Wildman–Crippen MR) is 115 cm³/mol. The fourth-order valence-corrected chi connectivity index (χ4v) is 4.35. The fourth-order valence-electron chi connectivity index (χ4n) is 3.93. The molecule has 4 aromatic rings. The summed E-state index contributed by atoms with van der Waals surface area (Å²) in [5.41, 5.74) is 1.15. The summed E-state index contributed by atoms with van der Waals surface area (Å²) < 4.78 is 11.6. The number of aryl methyl sites for hydroxylation is 1. The van der Waals surface area contributed by atoms with Gasteiger partial charge in [0.25, 0.3) is 5.91 Å². The molecule has 0 N–H and O–H groups in total. The number of aromatic nitrogens is 1. The van der Waals surface area contributed by atoms with E-state index in [-0.39, 0.29) is 11.6 Å². The van der Waals surface area contributed by atoms with Gasteiger partial charge in [-0.3, -0.25) is 19.3 Å². The highest BCUT2D eigenvalue weighted by Gasteiger charge is 2.53. The quantitative estimate of drug-likeness (QED) is 0.240. The third-order valence-electron chi connectivity index (χ3n) is 5.31. The normalized spacial score (nSPS) is 18.8. The van der Waals surface area contributed by atoms with Gasteiger partial charge in [0.2, 0.25) is 11.6 Å². The molecule has 5 rings (SSSR count). The van der Waals surface area contributed by atoms with Gasteiger partial charge in [0.15, 0.2) is 11.6 Å². The molecule has 2 aromatic heterocycles. The Bertz CT molecular complexity index is 1320. The Labute approximate surface area is 184 Å². The topological polar surface area (TPSA) is 93.6 Å². The number of carbonyl (C=O) groups excluding carboxylic acids is 3. The molecule has 1 aliphatic heterocycles. The molecule has 1 aliphatic rings. The maximum atomic E-state index is 13.5. The second-order valence-corrected chi connectivity index (χ2v) is 8.24. The summed E-state index contributed by atoms with van der Waals surface area (Å²) in [5, 5.41) is 4.65. The van der Waals surface area contributed by atoms with Crippen molar-refractivity contribution in [3.63, 3.8) is 0 Å². The molecule has 154 valence electrons. The van der Waals surface area contributed by atoms with Gasteiger partial charge in [-0.25, -0.2) is 0 Å². The molecule has 0 radical (unpaired) electrons. The van der Waals surface area contributed by atoms with Crippen molar-refractivity contribution in [3.8, 4) is 0 Å². The minimum absolute atomic E-state index is 0.0329. The van der Waals surface area contributed by atoms with Gasteiger partial charge in [-0.05, 0) is 36.8 Å². The highest BCUT2D eigenvalue weighted by atomic mass is 79.9. The van der Waals surface area contributed by atoms with Crippen LogP contribution < -0.4 is 4.90 Å². The molecule has 0 aliphatic carbocycles. The molecular formula is C23H15BrN2O5. The smallest absolute Gasteiger partial charge is 0.297 e. The third kappa shape index (κ3) is 3.19. The molecule has 0 spiro atoms. The Morgan fingerprint density at radius 1 is 1.06 bits per heavy atom. The minimum atomic E-state index is -1.28. The first-order valence-corrected chi connectivity index (χ1v) is 10.3. The highest BCUT2D eigenvalue weighted by molar-refractivity contribution is 9.10. The lowest BCUT2D eigenvalue weighted by Gasteiger charge is -2.24. The zero-order valence-electron chi connectivity index (χ0n) is 16.2. The van der Waals surface area contributed by atoms with Crippen LogP contribution in [0.3, 0.4) is 0 Å². The molecule has 2 aromatic carbocycles. The predicted octanol–water partition coefficient (Wildman–Crippen LogP) is 4.65. The maximum Gasteiger partial charge on any atom is 0.297 e. The Morgan fingerprint density at radius 3 is 2.58 bits per heavy atom. The zero-order chi connectivity index (χ0) is 21.7. The van der Waals surface area contributed by atoms with Crippen LogP contribution in [-0.4, -0.2) is 22.6 Å². The molecule has 1 saturated heterocycles. The minimum Gasteiger partial charge on any atom is -0.453 e. The molecule has 1 fully saturated rings. The lowest BCUT2D eigenvalue weighted by atomic mass is 9.88. The van der Waals surface area contributed by atoms with Crippen LogP contribution in [0.5, 0.6) is 0 Å². The van der Waals surface area contributed by atoms with E-state index in [2.05, 4.69) is 21.1 Å². The molecule has 0 bridgehead atoms. The monoisotopic (exact) mass is 478 g/mol. The van der Waals surface area contributed by atoms with Crippen LogP contribution in [0.25, 0.3) is 11.0 Å². The number of hydrogen-bond donors (Lipinski definition) is 0. The van der Waals surface area contributed by atoms with Crippen molar-refractivity contribution in [3.05, 3.63) is 82.2 Å². The van der Waals surface area contributed by atoms with E-state index in [9.17, 15) is 14.4 Å².